The van der Waals surface area contributed by atoms with Gasteiger partial charge < -0.3 is 20.5 Å². The Bertz CT molecular complexity index is 1150. The minimum Gasteiger partial charge on any atom is -0.495 e. The van der Waals surface area contributed by atoms with Crippen LogP contribution in [0, 0.1) is 0 Å². The zero-order valence-corrected chi connectivity index (χ0v) is 19.3. The molecule has 2 heterocycles. The number of hydrogen-bond acceptors (Lipinski definition) is 7. The molecule has 9 nitrogen and oxygen atoms in total. The molecule has 1 aromatic carbocycles. The van der Waals surface area contributed by atoms with Crippen molar-refractivity contribution in [2.45, 2.75) is 30.6 Å². The number of ether oxygens (including phenoxy) is 2. The van der Waals surface area contributed by atoms with Gasteiger partial charge in [0.25, 0.3) is 11.8 Å². The molecule has 0 bridgehead atoms. The summed E-state index contributed by atoms with van der Waals surface area (Å²) in [5.41, 5.74) is 7.01. The number of amides is 2. The van der Waals surface area contributed by atoms with E-state index >= 15 is 0 Å². The first-order valence-corrected chi connectivity index (χ1v) is 12.6. The van der Waals surface area contributed by atoms with Gasteiger partial charge >= 0.3 is 0 Å². The van der Waals surface area contributed by atoms with Crippen LogP contribution in [0.2, 0.25) is 0 Å². The SMILES string of the molecule is COc1ccc(C(=O)Nc2sc3c(c2C(N)=O)CCCC3)cc1S(=O)(=O)N1CCOCC1. The smallest absolute Gasteiger partial charge is 0.256 e. The first-order chi connectivity index (χ1) is 15.3. The van der Waals surface area contributed by atoms with Crippen molar-refractivity contribution in [3.8, 4) is 5.75 Å². The van der Waals surface area contributed by atoms with E-state index in [-0.39, 0.29) is 29.3 Å². The average molecular weight is 480 g/mol. The quantitative estimate of drug-likeness (QED) is 0.652. The van der Waals surface area contributed by atoms with Crippen molar-refractivity contribution in [1.82, 2.24) is 4.31 Å². The second kappa shape index (κ2) is 9.18. The van der Waals surface area contributed by atoms with Crippen LogP contribution in [-0.2, 0) is 27.6 Å². The summed E-state index contributed by atoms with van der Waals surface area (Å²) in [6.45, 7) is 1.07. The lowest BCUT2D eigenvalue weighted by Gasteiger charge is -2.26. The molecule has 3 N–H and O–H groups in total. The number of benzene rings is 1. The number of carbonyl (C=O) groups excluding carboxylic acids is 2. The Morgan fingerprint density at radius 1 is 1.19 bits per heavy atom. The van der Waals surface area contributed by atoms with Gasteiger partial charge in [-0.25, -0.2) is 8.42 Å². The van der Waals surface area contributed by atoms with Crippen LogP contribution in [0.4, 0.5) is 5.00 Å². The van der Waals surface area contributed by atoms with Crippen molar-refractivity contribution in [3.63, 3.8) is 0 Å². The molecule has 1 saturated heterocycles. The predicted octanol–water partition coefficient (Wildman–Crippen LogP) is 2.01. The summed E-state index contributed by atoms with van der Waals surface area (Å²) < 4.78 is 38.2. The predicted molar refractivity (Wildman–Crippen MR) is 120 cm³/mol. The summed E-state index contributed by atoms with van der Waals surface area (Å²) in [4.78, 5) is 26.1. The van der Waals surface area contributed by atoms with Crippen molar-refractivity contribution in [1.29, 1.82) is 0 Å². The molecule has 2 aromatic rings. The lowest BCUT2D eigenvalue weighted by molar-refractivity contribution is 0.0729. The molecule has 2 amide bonds. The molecule has 0 spiro atoms. The van der Waals surface area contributed by atoms with E-state index in [0.29, 0.717) is 23.8 Å². The number of primary amides is 1. The first kappa shape index (κ1) is 22.7. The highest BCUT2D eigenvalue weighted by Crippen LogP contribution is 2.38. The van der Waals surface area contributed by atoms with Crippen LogP contribution in [-0.4, -0.2) is 58.0 Å². The van der Waals surface area contributed by atoms with Crippen molar-refractivity contribution in [2.75, 3.05) is 38.7 Å². The maximum absolute atomic E-state index is 13.2. The van der Waals surface area contributed by atoms with E-state index in [1.54, 1.807) is 0 Å². The van der Waals surface area contributed by atoms with E-state index in [0.717, 1.165) is 36.1 Å². The van der Waals surface area contributed by atoms with Crippen LogP contribution < -0.4 is 15.8 Å². The zero-order valence-electron chi connectivity index (χ0n) is 17.7. The number of morpholine rings is 1. The van der Waals surface area contributed by atoms with Gasteiger partial charge in [0.2, 0.25) is 10.0 Å². The van der Waals surface area contributed by atoms with Gasteiger partial charge in [-0.3, -0.25) is 9.59 Å². The second-order valence-corrected chi connectivity index (χ2v) is 10.6. The summed E-state index contributed by atoms with van der Waals surface area (Å²) in [5, 5.41) is 3.18. The van der Waals surface area contributed by atoms with E-state index in [4.69, 9.17) is 15.2 Å². The van der Waals surface area contributed by atoms with Gasteiger partial charge in [0.15, 0.2) is 0 Å². The van der Waals surface area contributed by atoms with E-state index in [9.17, 15) is 18.0 Å². The van der Waals surface area contributed by atoms with E-state index in [1.807, 2.05) is 0 Å². The van der Waals surface area contributed by atoms with Crippen LogP contribution in [0.15, 0.2) is 23.1 Å². The number of methoxy groups -OCH3 is 1. The molecule has 0 saturated carbocycles. The molecule has 172 valence electrons. The summed E-state index contributed by atoms with van der Waals surface area (Å²) in [6.07, 6.45) is 3.60. The van der Waals surface area contributed by atoms with Crippen molar-refractivity contribution < 1.29 is 27.5 Å². The Labute approximate surface area is 190 Å². The molecule has 32 heavy (non-hydrogen) atoms. The third-order valence-corrected chi connectivity index (χ3v) is 8.79. The average Bonchev–Trinajstić information content (AvgIpc) is 3.17. The molecule has 0 unspecified atom stereocenters. The number of rotatable bonds is 6. The number of thiophene rings is 1. The Kier molecular flexibility index (Phi) is 6.52. The fraction of sp³-hybridized carbons (Fsp3) is 0.429. The van der Waals surface area contributed by atoms with Crippen LogP contribution >= 0.6 is 11.3 Å². The van der Waals surface area contributed by atoms with Crippen molar-refractivity contribution in [3.05, 3.63) is 39.8 Å². The van der Waals surface area contributed by atoms with Gasteiger partial charge in [0.1, 0.15) is 15.6 Å². The number of nitrogens with two attached hydrogens (primary N) is 1. The van der Waals surface area contributed by atoms with Crippen LogP contribution in [0.5, 0.6) is 5.75 Å². The fourth-order valence-electron chi connectivity index (χ4n) is 4.04. The van der Waals surface area contributed by atoms with Gasteiger partial charge in [-0.15, -0.1) is 11.3 Å². The normalized spacial score (nSPS) is 16.9. The van der Waals surface area contributed by atoms with Gasteiger partial charge in [0, 0.05) is 23.5 Å². The molecular formula is C21H25N3O6S2. The molecule has 2 aliphatic rings. The highest BCUT2D eigenvalue weighted by molar-refractivity contribution is 7.89. The lowest BCUT2D eigenvalue weighted by atomic mass is 9.95. The standard InChI is InChI=1S/C21H25N3O6S2/c1-29-15-7-6-13(12-17(15)32(27,28)24-8-10-30-11-9-24)20(26)23-21-18(19(22)25)14-4-2-3-5-16(14)31-21/h6-7,12H,2-5,8-11H2,1H3,(H2,22,25)(H,23,26). The van der Waals surface area contributed by atoms with Crippen LogP contribution in [0.1, 0.15) is 44.0 Å². The lowest BCUT2D eigenvalue weighted by Crippen LogP contribution is -2.40. The van der Waals surface area contributed by atoms with Gasteiger partial charge in [-0.05, 0) is 49.4 Å². The number of sulfonamides is 1. The molecule has 1 aromatic heterocycles. The molecule has 0 atom stereocenters. The molecule has 1 fully saturated rings. The largest absolute Gasteiger partial charge is 0.495 e. The number of fused-ring (bicyclic) bond motifs is 1. The third-order valence-electron chi connectivity index (χ3n) is 5.66. The van der Waals surface area contributed by atoms with E-state index in [2.05, 4.69) is 5.32 Å². The maximum Gasteiger partial charge on any atom is 0.256 e. The number of anilines is 1. The second-order valence-electron chi connectivity index (χ2n) is 7.62. The van der Waals surface area contributed by atoms with E-state index in [1.165, 1.54) is 41.0 Å². The summed E-state index contributed by atoms with van der Waals surface area (Å²) in [5.74, 6) is -0.949. The fourth-order valence-corrected chi connectivity index (χ4v) is 6.91. The summed E-state index contributed by atoms with van der Waals surface area (Å²) in [6, 6.07) is 4.25. The topological polar surface area (TPSA) is 128 Å². The van der Waals surface area contributed by atoms with Gasteiger partial charge in [0.05, 0.1) is 25.9 Å². The minimum atomic E-state index is -3.88. The van der Waals surface area contributed by atoms with Gasteiger partial charge in [-0.2, -0.15) is 4.31 Å². The number of nitrogens with zero attached hydrogens (tertiary/aromatic N) is 1. The Balaban J connectivity index is 1.66. The number of aryl methyl sites for hydroxylation is 1. The Morgan fingerprint density at radius 3 is 2.59 bits per heavy atom. The highest BCUT2D eigenvalue weighted by Gasteiger charge is 2.31. The van der Waals surface area contributed by atoms with Crippen molar-refractivity contribution in [2.24, 2.45) is 5.73 Å². The van der Waals surface area contributed by atoms with Crippen molar-refractivity contribution >= 4 is 38.2 Å². The van der Waals surface area contributed by atoms with Gasteiger partial charge in [-0.1, -0.05) is 0 Å². The monoisotopic (exact) mass is 479 g/mol. The molecule has 4 rings (SSSR count). The first-order valence-electron chi connectivity index (χ1n) is 10.3. The van der Waals surface area contributed by atoms with E-state index < -0.39 is 21.8 Å². The molecular weight excluding hydrogens is 454 g/mol. The molecule has 0 radical (unpaired) electrons. The highest BCUT2D eigenvalue weighted by atomic mass is 32.2. The number of carbonyl (C=O) groups is 2. The number of nitrogens with one attached hydrogen (secondary N) is 1. The molecule has 1 aliphatic heterocycles. The molecule has 11 heteroatoms. The Hall–Kier alpha value is -2.47. The Morgan fingerprint density at radius 2 is 1.91 bits per heavy atom. The third kappa shape index (κ3) is 4.25. The maximum atomic E-state index is 13.2. The molecule has 1 aliphatic carbocycles. The summed E-state index contributed by atoms with van der Waals surface area (Å²) in [7, 11) is -2.50. The van der Waals surface area contributed by atoms with Crippen LogP contribution in [0.3, 0.4) is 0 Å². The zero-order chi connectivity index (χ0) is 22.9. The minimum absolute atomic E-state index is 0.0878. The summed E-state index contributed by atoms with van der Waals surface area (Å²) >= 11 is 1.36. The van der Waals surface area contributed by atoms with Crippen LogP contribution in [0.25, 0.3) is 0 Å². The number of hydrogen-bond donors (Lipinski definition) is 2.